The van der Waals surface area contributed by atoms with Crippen LogP contribution in [0.5, 0.6) is 0 Å². The molecule has 1 aromatic heterocycles. The molecule has 16 nitrogen and oxygen atoms in total. The van der Waals surface area contributed by atoms with Crippen molar-refractivity contribution in [2.24, 2.45) is 17.8 Å². The lowest BCUT2D eigenvalue weighted by molar-refractivity contribution is -0.148. The first kappa shape index (κ1) is 43.0. The summed E-state index contributed by atoms with van der Waals surface area (Å²) < 4.78 is 13.3. The summed E-state index contributed by atoms with van der Waals surface area (Å²) in [5.41, 5.74) is 0. The molecule has 16 heteroatoms. The van der Waals surface area contributed by atoms with Crippen LogP contribution in [0.15, 0.2) is 12.4 Å². The Kier molecular flexibility index (Phi) is 17.7. The molecule has 1 aliphatic rings. The molecule has 4 amide bonds. The van der Waals surface area contributed by atoms with Crippen molar-refractivity contribution >= 4 is 23.6 Å². The van der Waals surface area contributed by atoms with Gasteiger partial charge in [0.05, 0.1) is 68.6 Å². The lowest BCUT2D eigenvalue weighted by atomic mass is 9.89. The number of amides is 4. The number of rotatable bonds is 21. The summed E-state index contributed by atoms with van der Waals surface area (Å²) in [6.45, 7) is 9.50. The topological polar surface area (TPSA) is 192 Å². The molecular weight excluding hydrogens is 648 g/mol. The molecule has 0 bridgehead atoms. The van der Waals surface area contributed by atoms with Crippen molar-refractivity contribution in [2.75, 3.05) is 55.1 Å². The Morgan fingerprint density at radius 1 is 1.00 bits per heavy atom. The fraction of sp³-hybridized carbons (Fsp3) is 0.824. The van der Waals surface area contributed by atoms with E-state index >= 15 is 0 Å². The summed E-state index contributed by atoms with van der Waals surface area (Å²) in [7, 11) is 8.09. The lowest BCUT2D eigenvalue weighted by Crippen LogP contribution is -2.59. The highest BCUT2D eigenvalue weighted by molar-refractivity contribution is 5.90. The van der Waals surface area contributed by atoms with Gasteiger partial charge in [-0.3, -0.25) is 28.8 Å². The minimum Gasteiger partial charge on any atom is -0.394 e. The molecule has 0 aliphatic carbocycles. The fourth-order valence-corrected chi connectivity index (χ4v) is 6.81. The van der Waals surface area contributed by atoms with Gasteiger partial charge in [0.25, 0.3) is 0 Å². The van der Waals surface area contributed by atoms with Crippen molar-refractivity contribution in [1.29, 1.82) is 0 Å². The molecular formula is C34H62N8O8. The third kappa shape index (κ3) is 11.2. The standard InChI is InChI=1S/C34H62N8O8/c1-11-22(4)30(40(8)34(48)29(21(2)3)37-33(47)26(20-44)39(6)7)27(49-9)17-28(45)42-15-12-13-25(42)31(50-10)23(5)32(46)36-24(19-43)18-41-16-14-35-38-41/h14,16,21-27,29-31,43-44H,11-13,15,17-20H2,1-10H3,(H,36,46)(H,37,47)/t22?,23-,24?,25+,26+,27-,29+,30+,31-/m1/s1. The Bertz CT molecular complexity index is 1200. The average molecular weight is 711 g/mol. The molecule has 286 valence electrons. The van der Waals surface area contributed by atoms with E-state index in [1.807, 2.05) is 27.7 Å². The molecule has 1 aromatic rings. The van der Waals surface area contributed by atoms with Crippen LogP contribution in [0.2, 0.25) is 0 Å². The maximum atomic E-state index is 14.1. The molecule has 1 fully saturated rings. The van der Waals surface area contributed by atoms with Crippen LogP contribution in [0.1, 0.15) is 60.3 Å². The minimum atomic E-state index is -0.860. The summed E-state index contributed by atoms with van der Waals surface area (Å²) in [6, 6.07) is -3.12. The van der Waals surface area contributed by atoms with E-state index in [0.29, 0.717) is 19.4 Å². The van der Waals surface area contributed by atoms with Crippen molar-refractivity contribution < 1.29 is 38.9 Å². The number of carbonyl (C=O) groups is 4. The summed E-state index contributed by atoms with van der Waals surface area (Å²) in [5, 5.41) is 33.0. The molecule has 2 unspecified atom stereocenters. The van der Waals surface area contributed by atoms with Gasteiger partial charge in [0.1, 0.15) is 12.1 Å². The van der Waals surface area contributed by atoms with Crippen LogP contribution < -0.4 is 10.6 Å². The van der Waals surface area contributed by atoms with Crippen molar-refractivity contribution in [3.05, 3.63) is 12.4 Å². The zero-order chi connectivity index (χ0) is 37.7. The number of ether oxygens (including phenoxy) is 2. The van der Waals surface area contributed by atoms with Gasteiger partial charge in [-0.2, -0.15) is 0 Å². The van der Waals surface area contributed by atoms with E-state index in [2.05, 4.69) is 20.9 Å². The maximum absolute atomic E-state index is 14.1. The summed E-state index contributed by atoms with van der Waals surface area (Å²) in [5.74, 6) is -2.20. The zero-order valence-electron chi connectivity index (χ0n) is 31.6. The number of hydrogen-bond acceptors (Lipinski definition) is 11. The van der Waals surface area contributed by atoms with Crippen LogP contribution in [-0.4, -0.2) is 161 Å². The number of carbonyl (C=O) groups excluding carboxylic acids is 4. The Balaban J connectivity index is 2.24. The lowest BCUT2D eigenvalue weighted by Gasteiger charge is -2.41. The van der Waals surface area contributed by atoms with E-state index in [0.717, 1.165) is 6.42 Å². The van der Waals surface area contributed by atoms with E-state index in [4.69, 9.17) is 9.47 Å². The third-order valence-corrected chi connectivity index (χ3v) is 10.0. The van der Waals surface area contributed by atoms with Crippen LogP contribution in [0.25, 0.3) is 0 Å². The smallest absolute Gasteiger partial charge is 0.245 e. The number of aliphatic hydroxyl groups is 2. The second kappa shape index (κ2) is 20.6. The summed E-state index contributed by atoms with van der Waals surface area (Å²) in [4.78, 5) is 59.4. The van der Waals surface area contributed by atoms with Gasteiger partial charge in [-0.05, 0) is 38.8 Å². The van der Waals surface area contributed by atoms with Crippen LogP contribution in [0.4, 0.5) is 0 Å². The number of methoxy groups -OCH3 is 2. The van der Waals surface area contributed by atoms with Gasteiger partial charge in [-0.15, -0.1) is 5.10 Å². The number of nitrogens with one attached hydrogen (secondary N) is 2. The zero-order valence-corrected chi connectivity index (χ0v) is 31.6. The Hall–Kier alpha value is -3.18. The fourth-order valence-electron chi connectivity index (χ4n) is 6.81. The van der Waals surface area contributed by atoms with E-state index in [9.17, 15) is 29.4 Å². The Morgan fingerprint density at radius 2 is 1.68 bits per heavy atom. The highest BCUT2D eigenvalue weighted by Crippen LogP contribution is 2.29. The predicted octanol–water partition coefficient (Wildman–Crippen LogP) is -0.261. The second-order valence-electron chi connectivity index (χ2n) is 14.0. The molecule has 1 saturated heterocycles. The van der Waals surface area contributed by atoms with Gasteiger partial charge in [-0.25, -0.2) is 0 Å². The first-order chi connectivity index (χ1) is 23.7. The molecule has 0 radical (unpaired) electrons. The van der Waals surface area contributed by atoms with Gasteiger partial charge < -0.3 is 40.1 Å². The monoisotopic (exact) mass is 710 g/mol. The van der Waals surface area contributed by atoms with E-state index in [1.54, 1.807) is 49.0 Å². The van der Waals surface area contributed by atoms with Gasteiger partial charge >= 0.3 is 0 Å². The predicted molar refractivity (Wildman–Crippen MR) is 186 cm³/mol. The van der Waals surface area contributed by atoms with E-state index < -0.39 is 54.8 Å². The number of aromatic nitrogens is 3. The number of hydrogen-bond donors (Lipinski definition) is 4. The van der Waals surface area contributed by atoms with E-state index in [1.165, 1.54) is 25.1 Å². The average Bonchev–Trinajstić information content (AvgIpc) is 3.79. The number of likely N-dealkylation sites (tertiary alicyclic amines) is 1. The van der Waals surface area contributed by atoms with Crippen molar-refractivity contribution in [1.82, 2.24) is 40.3 Å². The molecule has 2 rings (SSSR count). The van der Waals surface area contributed by atoms with E-state index in [-0.39, 0.29) is 55.2 Å². The summed E-state index contributed by atoms with van der Waals surface area (Å²) in [6.07, 6.45) is 3.97. The summed E-state index contributed by atoms with van der Waals surface area (Å²) >= 11 is 0. The normalized spacial score (nSPS) is 19.7. The van der Waals surface area contributed by atoms with Gasteiger partial charge in [0.15, 0.2) is 0 Å². The number of nitrogens with zero attached hydrogens (tertiary/aromatic N) is 6. The Morgan fingerprint density at radius 3 is 2.18 bits per heavy atom. The van der Waals surface area contributed by atoms with Crippen molar-refractivity contribution in [2.45, 2.75) is 109 Å². The van der Waals surface area contributed by atoms with Crippen LogP contribution in [-0.2, 0) is 35.2 Å². The third-order valence-electron chi connectivity index (χ3n) is 10.0. The molecule has 1 aliphatic heterocycles. The van der Waals surface area contributed by atoms with Gasteiger partial charge in [0, 0.05) is 34.0 Å². The quantitative estimate of drug-likeness (QED) is 0.131. The molecule has 2 heterocycles. The molecule has 4 N–H and O–H groups in total. The van der Waals surface area contributed by atoms with Crippen LogP contribution in [0.3, 0.4) is 0 Å². The first-order valence-corrected chi connectivity index (χ1v) is 17.6. The largest absolute Gasteiger partial charge is 0.394 e. The van der Waals surface area contributed by atoms with Crippen molar-refractivity contribution in [3.8, 4) is 0 Å². The molecule has 0 saturated carbocycles. The highest BCUT2D eigenvalue weighted by atomic mass is 16.5. The van der Waals surface area contributed by atoms with Crippen molar-refractivity contribution in [3.63, 3.8) is 0 Å². The SMILES string of the molecule is CCC(C)[C@@H]([C@@H](CC(=O)N1CCC[C@H]1[C@H](OC)[C@@H](C)C(=O)NC(CO)Cn1ccnn1)OC)N(C)C(=O)[C@@H](NC(=O)[C@H](CO)N(C)C)C(C)C. The second-order valence-corrected chi connectivity index (χ2v) is 14.0. The maximum Gasteiger partial charge on any atom is 0.245 e. The molecule has 50 heavy (non-hydrogen) atoms. The van der Waals surface area contributed by atoms with Crippen LogP contribution >= 0.6 is 0 Å². The van der Waals surface area contributed by atoms with Gasteiger partial charge in [-0.1, -0.05) is 46.3 Å². The van der Waals surface area contributed by atoms with Gasteiger partial charge in [0.2, 0.25) is 23.6 Å². The molecule has 0 spiro atoms. The minimum absolute atomic E-state index is 0.00689. The number of aliphatic hydroxyl groups excluding tert-OH is 2. The van der Waals surface area contributed by atoms with Crippen LogP contribution in [0, 0.1) is 17.8 Å². The molecule has 0 aromatic carbocycles. The molecule has 9 atom stereocenters. The Labute approximate surface area is 297 Å². The highest BCUT2D eigenvalue weighted by Gasteiger charge is 2.43. The first-order valence-electron chi connectivity index (χ1n) is 17.6. The number of likely N-dealkylation sites (N-methyl/N-ethyl adjacent to an activating group) is 2.